The van der Waals surface area contributed by atoms with Gasteiger partial charge >= 0.3 is 17.9 Å². The molecule has 0 aliphatic rings. The Kier molecular flexibility index (Phi) is 77.2. The van der Waals surface area contributed by atoms with Gasteiger partial charge in [-0.2, -0.15) is 0 Å². The molecule has 4 N–H and O–H groups in total. The van der Waals surface area contributed by atoms with Gasteiger partial charge in [0.05, 0.1) is 0 Å². The first-order valence-corrected chi connectivity index (χ1v) is 20.9. The molecule has 0 rings (SSSR count). The number of aliphatic hydroxyl groups is 4. The molecule has 0 aromatic carbocycles. The zero-order chi connectivity index (χ0) is 35.4. The van der Waals surface area contributed by atoms with Crippen molar-refractivity contribution in [3.63, 3.8) is 0 Å². The van der Waals surface area contributed by atoms with E-state index in [1.54, 1.807) is 0 Å². The van der Waals surface area contributed by atoms with Crippen molar-refractivity contribution in [1.29, 1.82) is 0 Å². The van der Waals surface area contributed by atoms with Crippen molar-refractivity contribution >= 4 is 17.9 Å². The average molecular weight is 731 g/mol. The second kappa shape index (κ2) is 57.0. The van der Waals surface area contributed by atoms with Crippen molar-refractivity contribution < 1.29 is 73.1 Å². The summed E-state index contributed by atoms with van der Waals surface area (Å²) in [4.78, 5) is 0. The third kappa shape index (κ3) is 60.5. The Hall–Kier alpha value is 0.708. The van der Waals surface area contributed by atoms with Gasteiger partial charge in [0.1, 0.15) is 0 Å². The maximum Gasteiger partial charge on any atom is 0.679 e. The molecule has 0 aliphatic carbocycles. The molecule has 0 saturated carbocycles. The fraction of sp³-hybridized carbons (Fsp3) is 1.00. The van der Waals surface area contributed by atoms with E-state index in [0.717, 1.165) is 51.4 Å². The topological polar surface area (TPSA) is 146 Å². The van der Waals surface area contributed by atoms with E-state index in [2.05, 4.69) is 27.7 Å². The number of hydrogen-bond donors (Lipinski definition) is 4. The molecule has 11 nitrogen and oxygen atoms in total. The Labute approximate surface area is 296 Å². The molecule has 45 heavy (non-hydrogen) atoms. The van der Waals surface area contributed by atoms with E-state index >= 15 is 0 Å². The first-order valence-electron chi connectivity index (χ1n) is 17.0. The standard InChI is InChI=1S/C8H20O4Si.C7H18O3Si.4C4H10O.Ti/c1-5-9-13(10-6-2,11-7-3)12-8-4;1-5-8-11(4,9-6-2)10-7-3;4*1-2-3-4-5;/h5-8H2,1-4H3;5-7H2,1-4H3;4*5H,2-4H2,1H3;. The van der Waals surface area contributed by atoms with Crippen LogP contribution < -0.4 is 0 Å². The van der Waals surface area contributed by atoms with E-state index in [-0.39, 0.29) is 21.7 Å². The van der Waals surface area contributed by atoms with Crippen molar-refractivity contribution in [3.05, 3.63) is 0 Å². The van der Waals surface area contributed by atoms with Gasteiger partial charge in [-0.25, -0.2) is 0 Å². The van der Waals surface area contributed by atoms with Gasteiger partial charge < -0.3 is 51.4 Å². The van der Waals surface area contributed by atoms with Crippen molar-refractivity contribution in [3.8, 4) is 0 Å². The minimum atomic E-state index is -2.80. The van der Waals surface area contributed by atoms with Crippen LogP contribution >= 0.6 is 0 Å². The van der Waals surface area contributed by atoms with Gasteiger partial charge in [0.2, 0.25) is 0 Å². The van der Waals surface area contributed by atoms with Crippen LogP contribution in [-0.2, 0) is 52.7 Å². The molecule has 0 spiro atoms. The zero-order valence-electron chi connectivity index (χ0n) is 31.6. The van der Waals surface area contributed by atoms with Gasteiger partial charge in [0.25, 0.3) is 0 Å². The fourth-order valence-electron chi connectivity index (χ4n) is 2.50. The average Bonchev–Trinajstić information content (AvgIpc) is 2.97. The molecule has 0 aromatic heterocycles. The molecule has 0 aliphatic heterocycles. The predicted molar refractivity (Wildman–Crippen MR) is 187 cm³/mol. The van der Waals surface area contributed by atoms with E-state index in [9.17, 15) is 0 Å². The molecule has 0 amide bonds. The van der Waals surface area contributed by atoms with Gasteiger partial charge in [-0.3, -0.25) is 0 Å². The van der Waals surface area contributed by atoms with Crippen LogP contribution in [0.1, 0.15) is 128 Å². The van der Waals surface area contributed by atoms with Crippen LogP contribution in [0, 0.1) is 0 Å². The Morgan fingerprint density at radius 2 is 0.533 bits per heavy atom. The number of aliphatic hydroxyl groups excluding tert-OH is 4. The molecule has 14 heteroatoms. The van der Waals surface area contributed by atoms with Gasteiger partial charge in [0.15, 0.2) is 0 Å². The molecule has 0 saturated heterocycles. The summed E-state index contributed by atoms with van der Waals surface area (Å²) in [5.41, 5.74) is 0. The quantitative estimate of drug-likeness (QED) is 0.0926. The van der Waals surface area contributed by atoms with E-state index in [1.807, 2.05) is 55.0 Å². The third-order valence-corrected chi connectivity index (χ3v) is 9.56. The van der Waals surface area contributed by atoms with Crippen LogP contribution in [0.3, 0.4) is 0 Å². The minimum absolute atomic E-state index is 0. The summed E-state index contributed by atoms with van der Waals surface area (Å²) in [6.07, 6.45) is 8.15. The SMILES string of the molecule is CCCCO.CCCCO.CCCCO.CCCCO.CCO[Si](C)(OCC)OCC.CCO[Si](OCC)(OCC)OCC.[Ti]. The predicted octanol–water partition coefficient (Wildman–Crippen LogP) is 6.35. The van der Waals surface area contributed by atoms with Crippen molar-refractivity contribution in [2.75, 3.05) is 72.7 Å². The number of rotatable bonds is 22. The third-order valence-electron chi connectivity index (χ3n) is 4.55. The van der Waals surface area contributed by atoms with E-state index in [0.29, 0.717) is 72.7 Å². The summed E-state index contributed by atoms with van der Waals surface area (Å²) in [5.74, 6) is 0. The summed E-state index contributed by atoms with van der Waals surface area (Å²) in [5, 5.41) is 32.3. The number of hydrogen-bond acceptors (Lipinski definition) is 11. The van der Waals surface area contributed by atoms with E-state index < -0.39 is 17.9 Å². The van der Waals surface area contributed by atoms with Crippen LogP contribution in [0.25, 0.3) is 0 Å². The summed E-state index contributed by atoms with van der Waals surface area (Å²) in [6.45, 7) is 29.1. The molecule has 0 unspecified atom stereocenters. The summed E-state index contributed by atoms with van der Waals surface area (Å²) in [7, 11) is -5.04. The van der Waals surface area contributed by atoms with Crippen LogP contribution in [0.2, 0.25) is 6.55 Å². The monoisotopic (exact) mass is 730 g/mol. The summed E-state index contributed by atoms with van der Waals surface area (Å²) < 4.78 is 37.9. The largest absolute Gasteiger partial charge is 0.679 e. The van der Waals surface area contributed by atoms with Crippen LogP contribution in [0.15, 0.2) is 0 Å². The Morgan fingerprint density at radius 3 is 0.622 bits per heavy atom. The molecule has 280 valence electrons. The van der Waals surface area contributed by atoms with E-state index in [4.69, 9.17) is 51.4 Å². The van der Waals surface area contributed by atoms with Crippen molar-refractivity contribution in [2.24, 2.45) is 0 Å². The van der Waals surface area contributed by atoms with Crippen LogP contribution in [0.4, 0.5) is 0 Å². The second-order valence-corrected chi connectivity index (χ2v) is 13.4. The van der Waals surface area contributed by atoms with E-state index in [1.165, 1.54) is 0 Å². The van der Waals surface area contributed by atoms with Crippen molar-refractivity contribution in [2.45, 2.75) is 134 Å². The molecular weight excluding hydrogens is 652 g/mol. The molecule has 0 aromatic rings. The smallest absolute Gasteiger partial charge is 0.396 e. The summed E-state index contributed by atoms with van der Waals surface area (Å²) in [6, 6.07) is 0. The molecule has 0 heterocycles. The molecular formula is C31H78O11Si2Ti. The molecule has 0 fully saturated rings. The summed E-state index contributed by atoms with van der Waals surface area (Å²) >= 11 is 0. The molecule has 0 atom stereocenters. The van der Waals surface area contributed by atoms with Gasteiger partial charge in [-0.15, -0.1) is 0 Å². The minimum Gasteiger partial charge on any atom is -0.396 e. The van der Waals surface area contributed by atoms with Gasteiger partial charge in [-0.05, 0) is 74.1 Å². The Morgan fingerprint density at radius 1 is 0.356 bits per heavy atom. The van der Waals surface area contributed by atoms with Crippen molar-refractivity contribution in [1.82, 2.24) is 0 Å². The second-order valence-electron chi connectivity index (χ2n) is 8.70. The van der Waals surface area contributed by atoms with Crippen LogP contribution in [0.5, 0.6) is 0 Å². The first-order chi connectivity index (χ1) is 21.1. The fourth-order valence-corrected chi connectivity index (χ4v) is 6.24. The molecule has 0 radical (unpaired) electrons. The van der Waals surface area contributed by atoms with Gasteiger partial charge in [0, 0.05) is 101 Å². The first kappa shape index (κ1) is 61.0. The Bertz CT molecular complexity index is 370. The maximum atomic E-state index is 8.07. The maximum absolute atomic E-state index is 8.07. The van der Waals surface area contributed by atoms with Crippen LogP contribution in [-0.4, -0.2) is 111 Å². The molecule has 0 bridgehead atoms. The normalized spacial score (nSPS) is 10.1. The Balaban J connectivity index is -0.0000000813. The van der Waals surface area contributed by atoms with Gasteiger partial charge in [-0.1, -0.05) is 53.4 Å². The number of unbranched alkanes of at least 4 members (excludes halogenated alkanes) is 4. The zero-order valence-corrected chi connectivity index (χ0v) is 35.1.